The van der Waals surface area contributed by atoms with Crippen molar-refractivity contribution in [1.82, 2.24) is 4.98 Å². The first-order chi connectivity index (χ1) is 18.0. The second-order valence-corrected chi connectivity index (χ2v) is 8.76. The Labute approximate surface area is 215 Å². The average Bonchev–Trinajstić information content (AvgIpc) is 3.34. The predicted molar refractivity (Wildman–Crippen MR) is 148 cm³/mol. The van der Waals surface area contributed by atoms with E-state index in [1.807, 2.05) is 81.4 Å². The van der Waals surface area contributed by atoms with Crippen molar-refractivity contribution in [3.8, 4) is 22.6 Å². The summed E-state index contributed by atoms with van der Waals surface area (Å²) in [5.74, 6) is 1.27. The van der Waals surface area contributed by atoms with Crippen LogP contribution in [0.25, 0.3) is 38.6 Å². The van der Waals surface area contributed by atoms with Crippen LogP contribution in [0.2, 0.25) is 0 Å². The predicted octanol–water partition coefficient (Wildman–Crippen LogP) is 7.41. The number of anilines is 1. The van der Waals surface area contributed by atoms with Gasteiger partial charge in [-0.05, 0) is 74.4 Å². The number of nitrogens with zero attached hydrogens (tertiary/aromatic N) is 1. The first-order valence-electron chi connectivity index (χ1n) is 12.2. The summed E-state index contributed by atoms with van der Waals surface area (Å²) in [6.07, 6.45) is 5.10. The van der Waals surface area contributed by atoms with Gasteiger partial charge in [-0.1, -0.05) is 18.2 Å². The number of ether oxygens (including phenoxy) is 2. The van der Waals surface area contributed by atoms with Gasteiger partial charge < -0.3 is 19.2 Å². The van der Waals surface area contributed by atoms with Gasteiger partial charge in [0.25, 0.3) is 0 Å². The van der Waals surface area contributed by atoms with Crippen LogP contribution < -0.4 is 14.8 Å². The number of benzene rings is 3. The number of nitrogens with one attached hydrogen (secondary N) is 1. The number of amides is 1. The molecule has 0 radical (unpaired) electrons. The lowest BCUT2D eigenvalue weighted by Gasteiger charge is -2.15. The van der Waals surface area contributed by atoms with Gasteiger partial charge in [-0.15, -0.1) is 0 Å². The molecule has 3 aromatic carbocycles. The molecule has 1 amide bonds. The minimum atomic E-state index is -0.225. The molecular weight excluding hydrogens is 464 g/mol. The molecule has 1 N–H and O–H groups in total. The molecule has 0 fully saturated rings. The molecule has 37 heavy (non-hydrogen) atoms. The monoisotopic (exact) mass is 492 g/mol. The molecule has 0 aliphatic heterocycles. The van der Waals surface area contributed by atoms with Crippen LogP contribution in [0.5, 0.6) is 11.5 Å². The van der Waals surface area contributed by atoms with E-state index in [0.29, 0.717) is 18.0 Å². The minimum Gasteiger partial charge on any atom is -0.497 e. The summed E-state index contributed by atoms with van der Waals surface area (Å²) in [5.41, 5.74) is 6.80. The fourth-order valence-electron chi connectivity index (χ4n) is 4.59. The third kappa shape index (κ3) is 4.66. The molecule has 2 aromatic heterocycles. The summed E-state index contributed by atoms with van der Waals surface area (Å²) in [7, 11) is 1.65. The first kappa shape index (κ1) is 24.1. The Balaban J connectivity index is 1.55. The Morgan fingerprint density at radius 2 is 1.89 bits per heavy atom. The van der Waals surface area contributed by atoms with E-state index in [0.717, 1.165) is 55.4 Å². The number of aryl methyl sites for hydroxylation is 1. The third-order valence-corrected chi connectivity index (χ3v) is 6.41. The second kappa shape index (κ2) is 10.2. The van der Waals surface area contributed by atoms with Gasteiger partial charge in [0.2, 0.25) is 5.91 Å². The largest absolute Gasteiger partial charge is 0.497 e. The maximum atomic E-state index is 13.1. The van der Waals surface area contributed by atoms with Crippen LogP contribution in [0.4, 0.5) is 5.69 Å². The highest BCUT2D eigenvalue weighted by molar-refractivity contribution is 6.09. The van der Waals surface area contributed by atoms with Crippen molar-refractivity contribution in [2.24, 2.45) is 0 Å². The molecule has 0 unspecified atom stereocenters. The highest BCUT2D eigenvalue weighted by Crippen LogP contribution is 2.41. The van der Waals surface area contributed by atoms with Gasteiger partial charge in [0.05, 0.1) is 31.2 Å². The zero-order valence-electron chi connectivity index (χ0n) is 21.3. The van der Waals surface area contributed by atoms with Crippen LogP contribution in [0.3, 0.4) is 0 Å². The van der Waals surface area contributed by atoms with Crippen molar-refractivity contribution in [3.05, 3.63) is 90.3 Å². The molecule has 6 heteroatoms. The van der Waals surface area contributed by atoms with Crippen molar-refractivity contribution >= 4 is 39.0 Å². The number of pyridine rings is 1. The fourth-order valence-corrected chi connectivity index (χ4v) is 4.59. The highest BCUT2D eigenvalue weighted by Gasteiger charge is 2.19. The molecule has 0 saturated carbocycles. The molecule has 0 saturated heterocycles. The lowest BCUT2D eigenvalue weighted by Crippen LogP contribution is -2.09. The van der Waals surface area contributed by atoms with Gasteiger partial charge in [-0.25, -0.2) is 0 Å². The van der Waals surface area contributed by atoms with Gasteiger partial charge >= 0.3 is 0 Å². The number of aromatic nitrogens is 1. The molecule has 2 heterocycles. The van der Waals surface area contributed by atoms with Crippen LogP contribution in [-0.2, 0) is 4.79 Å². The maximum absolute atomic E-state index is 13.1. The van der Waals surface area contributed by atoms with E-state index in [2.05, 4.69) is 10.3 Å². The van der Waals surface area contributed by atoms with E-state index in [1.165, 1.54) is 0 Å². The molecule has 0 atom stereocenters. The number of methoxy groups -OCH3 is 1. The average molecular weight is 493 g/mol. The first-order valence-corrected chi connectivity index (χ1v) is 12.2. The second-order valence-electron chi connectivity index (χ2n) is 8.76. The van der Waals surface area contributed by atoms with E-state index in [4.69, 9.17) is 13.9 Å². The fraction of sp³-hybridized carbons (Fsp3) is 0.161. The third-order valence-electron chi connectivity index (χ3n) is 6.41. The van der Waals surface area contributed by atoms with Gasteiger partial charge in [0.1, 0.15) is 17.1 Å². The molecule has 186 valence electrons. The van der Waals surface area contributed by atoms with E-state index in [1.54, 1.807) is 25.6 Å². The number of furan rings is 1. The summed E-state index contributed by atoms with van der Waals surface area (Å²) in [4.78, 5) is 17.4. The number of hydrogen-bond donors (Lipinski definition) is 1. The van der Waals surface area contributed by atoms with Crippen LogP contribution >= 0.6 is 0 Å². The number of fused-ring (bicyclic) bond motifs is 2. The summed E-state index contributed by atoms with van der Waals surface area (Å²) < 4.78 is 17.3. The smallest absolute Gasteiger partial charge is 0.248 e. The summed E-state index contributed by atoms with van der Waals surface area (Å²) >= 11 is 0. The van der Waals surface area contributed by atoms with Crippen molar-refractivity contribution in [2.75, 3.05) is 19.0 Å². The molecule has 5 rings (SSSR count). The Kier molecular flexibility index (Phi) is 6.64. The molecule has 0 aliphatic carbocycles. The molecule has 6 nitrogen and oxygen atoms in total. The Hall–Kier alpha value is -4.58. The zero-order valence-corrected chi connectivity index (χ0v) is 21.3. The number of carbonyl (C=O) groups excluding carboxylic acids is 1. The van der Waals surface area contributed by atoms with Crippen molar-refractivity contribution in [1.29, 1.82) is 0 Å². The summed E-state index contributed by atoms with van der Waals surface area (Å²) in [6.45, 7) is 6.33. The van der Waals surface area contributed by atoms with E-state index in [9.17, 15) is 4.79 Å². The van der Waals surface area contributed by atoms with E-state index >= 15 is 0 Å². The molecule has 0 spiro atoms. The van der Waals surface area contributed by atoms with Gasteiger partial charge in [-0.3, -0.25) is 9.78 Å². The Morgan fingerprint density at radius 3 is 2.65 bits per heavy atom. The van der Waals surface area contributed by atoms with Gasteiger partial charge in [-0.2, -0.15) is 0 Å². The summed E-state index contributed by atoms with van der Waals surface area (Å²) in [5, 5.41) is 4.85. The quantitative estimate of drug-likeness (QED) is 0.240. The maximum Gasteiger partial charge on any atom is 0.248 e. The van der Waals surface area contributed by atoms with Crippen LogP contribution in [0, 0.1) is 6.92 Å². The molecule has 0 bridgehead atoms. The van der Waals surface area contributed by atoms with Crippen molar-refractivity contribution in [3.63, 3.8) is 0 Å². The number of hydrogen-bond acceptors (Lipinski definition) is 5. The van der Waals surface area contributed by atoms with Crippen LogP contribution in [-0.4, -0.2) is 24.6 Å². The molecular formula is C31H28N2O4. The SMILES string of the molecule is CCOc1c(/C(C)=C/C(=O)Nc2cccc3ncccc23)cc2c(-c3ccc(OC)cc3)coc2c1C. The molecule has 5 aromatic rings. The number of carbonyl (C=O) groups is 1. The van der Waals surface area contributed by atoms with Gasteiger partial charge in [0, 0.05) is 39.7 Å². The van der Waals surface area contributed by atoms with Crippen LogP contribution in [0.1, 0.15) is 25.0 Å². The standard InChI is InChI=1S/C31H28N2O4/c1-5-36-30-20(3)31-25(26(18-37-31)21-11-13-22(35-4)14-12-21)17-24(30)19(2)16-29(34)33-28-10-6-9-27-23(28)8-7-15-32-27/h6-18H,5H2,1-4H3,(H,33,34)/b19-16+. The lowest BCUT2D eigenvalue weighted by molar-refractivity contribution is -0.111. The van der Waals surface area contributed by atoms with Gasteiger partial charge in [0.15, 0.2) is 0 Å². The zero-order chi connectivity index (χ0) is 25.9. The number of allylic oxidation sites excluding steroid dienone is 1. The minimum absolute atomic E-state index is 0.225. The van der Waals surface area contributed by atoms with Crippen LogP contribution in [0.15, 0.2) is 83.6 Å². The number of rotatable bonds is 7. The topological polar surface area (TPSA) is 73.6 Å². The Morgan fingerprint density at radius 1 is 1.08 bits per heavy atom. The van der Waals surface area contributed by atoms with E-state index in [-0.39, 0.29) is 5.91 Å². The van der Waals surface area contributed by atoms with Crippen molar-refractivity contribution < 1.29 is 18.7 Å². The normalized spacial score (nSPS) is 11.6. The molecule has 0 aliphatic rings. The van der Waals surface area contributed by atoms with E-state index < -0.39 is 0 Å². The summed E-state index contributed by atoms with van der Waals surface area (Å²) in [6, 6.07) is 19.4. The highest BCUT2D eigenvalue weighted by atomic mass is 16.5. The van der Waals surface area contributed by atoms with Crippen molar-refractivity contribution in [2.45, 2.75) is 20.8 Å². The Bertz CT molecular complexity index is 1630. The lowest BCUT2D eigenvalue weighted by atomic mass is 9.96.